The van der Waals surface area contributed by atoms with E-state index in [1.165, 1.54) is 54.0 Å². The Morgan fingerprint density at radius 2 is 1.15 bits per heavy atom. The minimum Gasteiger partial charge on any atom is -0.0622 e. The van der Waals surface area contributed by atoms with Crippen LogP contribution in [0, 0.1) is 0 Å². The number of hydrogen-bond donors (Lipinski definition) is 1. The summed E-state index contributed by atoms with van der Waals surface area (Å²) in [6, 6.07) is 21.8. The molecule has 2 N–H and O–H groups in total. The van der Waals surface area contributed by atoms with Crippen molar-refractivity contribution in [1.82, 2.24) is 0 Å². The largest absolute Gasteiger partial charge is 0.0622 e. The fourth-order valence-electron chi connectivity index (χ4n) is 18.9. The first-order valence-corrected chi connectivity index (χ1v) is 18.1. The molecule has 2 aromatic carbocycles. The molecule has 3 heteroatoms. The van der Waals surface area contributed by atoms with Crippen molar-refractivity contribution in [3.63, 3.8) is 0 Å². The molecule has 1 spiro atoms. The second-order valence-corrected chi connectivity index (χ2v) is 38.4. The predicted octanol–water partition coefficient (Wildman–Crippen LogP) is 5.41. The first-order chi connectivity index (χ1) is 12.9. The molecule has 10 aliphatic heterocycles. The molecule has 10 saturated heterocycles. The van der Waals surface area contributed by atoms with Crippen LogP contribution in [0.3, 0.4) is 0 Å². The molecule has 27 heavy (non-hydrogen) atoms. The van der Waals surface area contributed by atoms with E-state index in [1.807, 2.05) is 0 Å². The molecule has 140 valence electrons. The van der Waals surface area contributed by atoms with Gasteiger partial charge in [-0.3, -0.25) is 0 Å². The van der Waals surface area contributed by atoms with Crippen LogP contribution in [0.15, 0.2) is 60.7 Å². The Balaban J connectivity index is 0.0000000854. The molecule has 10 fully saturated rings. The van der Waals surface area contributed by atoms with E-state index >= 15 is 0 Å². The average Bonchev–Trinajstić information content (AvgIpc) is 3.63. The first-order valence-electron chi connectivity index (χ1n) is 10.8. The average molecular weight is 415 g/mol. The molecule has 5 unspecified atom stereocenters. The number of rotatable bonds is 3. The van der Waals surface area contributed by atoms with Gasteiger partial charge in [-0.2, -0.15) is 0 Å². The van der Waals surface area contributed by atoms with E-state index in [4.69, 9.17) is 5.73 Å². The van der Waals surface area contributed by atoms with Gasteiger partial charge in [-0.05, 0) is 10.6 Å². The van der Waals surface area contributed by atoms with Crippen molar-refractivity contribution in [1.29, 1.82) is 0 Å². The van der Waals surface area contributed by atoms with Gasteiger partial charge in [0.1, 0.15) is 0 Å². The smallest absolute Gasteiger partial charge is 0.0226 e. The molecule has 0 amide bonds. The van der Waals surface area contributed by atoms with Gasteiger partial charge < -0.3 is 0 Å². The molecule has 5 atom stereocenters. The molecule has 0 aliphatic carbocycles. The molecular formula is C24H26FeNP. The summed E-state index contributed by atoms with van der Waals surface area (Å²) >= 11 is 0. The van der Waals surface area contributed by atoms with Gasteiger partial charge in [-0.25, -0.2) is 0 Å². The number of hydrogen-bond acceptors (Lipinski definition) is 1. The SMILES string of the molecule is CC(N)[C]12[CH]3[CH]4[CH]5[CH]1[Fe]45321678[CH]2[CH]1[CH]6[CH]7[CH]28.c1ccc(Pc2ccccc2)cc1. The van der Waals surface area contributed by atoms with Crippen LogP contribution in [0.1, 0.15) is 6.92 Å². The number of fused-ring (bicyclic) bond motifs is 10. The fourth-order valence-corrected chi connectivity index (χ4v) is 95.7. The Bertz CT molecular complexity index is 1340. The van der Waals surface area contributed by atoms with E-state index in [1.54, 1.807) is 0 Å². The number of nitrogens with two attached hydrogens (primary N) is 1. The van der Waals surface area contributed by atoms with E-state index in [9.17, 15) is 0 Å². The Morgan fingerprint density at radius 3 is 1.37 bits per heavy atom. The van der Waals surface area contributed by atoms with E-state index < -0.39 is 6.51 Å². The van der Waals surface area contributed by atoms with Gasteiger partial charge in [0.25, 0.3) is 0 Å². The van der Waals surface area contributed by atoms with E-state index in [0.29, 0.717) is 6.04 Å². The maximum atomic E-state index is 6.51. The van der Waals surface area contributed by atoms with Crippen molar-refractivity contribution in [2.24, 2.45) is 5.73 Å². The third kappa shape index (κ3) is 0.243. The summed E-state index contributed by atoms with van der Waals surface area (Å²) in [6.45, 7) is -0.311. The molecule has 10 aliphatic rings. The Morgan fingerprint density at radius 1 is 0.741 bits per heavy atom. The Kier molecular flexibility index (Phi) is 0.753. The second kappa shape index (κ2) is 1.59. The van der Waals surface area contributed by atoms with E-state index in [2.05, 4.69) is 67.6 Å². The maximum absolute atomic E-state index is 6.51. The van der Waals surface area contributed by atoms with Crippen LogP contribution in [0.5, 0.6) is 0 Å². The molecule has 1 nitrogen and oxygen atoms in total. The zero-order valence-corrected chi connectivity index (χ0v) is 17.6. The molecule has 0 radical (unpaired) electrons. The summed E-state index contributed by atoms with van der Waals surface area (Å²) in [5.74, 6) is 0. The van der Waals surface area contributed by atoms with Crippen LogP contribution in [-0.4, -0.2) is 6.04 Å². The minimum atomic E-state index is -2.71. The van der Waals surface area contributed by atoms with Crippen LogP contribution in [0.25, 0.3) is 0 Å². The van der Waals surface area contributed by atoms with E-state index in [0.717, 1.165) is 12.9 Å². The predicted molar refractivity (Wildman–Crippen MR) is 111 cm³/mol. The van der Waals surface area contributed by atoms with Crippen LogP contribution in [0.2, 0.25) is 47.7 Å². The summed E-state index contributed by atoms with van der Waals surface area (Å²) in [5.41, 5.74) is 6.51. The van der Waals surface area contributed by atoms with Crippen LogP contribution >= 0.6 is 8.58 Å². The zero-order chi connectivity index (χ0) is 17.5. The van der Waals surface area contributed by atoms with Gasteiger partial charge in [-0.15, -0.1) is 0 Å². The monoisotopic (exact) mass is 415 g/mol. The Hall–Kier alpha value is -0.651. The fraction of sp³-hybridized carbons (Fsp3) is 0.500. The van der Waals surface area contributed by atoms with Gasteiger partial charge in [-0.1, -0.05) is 69.2 Å². The second-order valence-electron chi connectivity index (χ2n) is 13.4. The van der Waals surface area contributed by atoms with E-state index in [-0.39, 0.29) is 0 Å². The van der Waals surface area contributed by atoms with Gasteiger partial charge in [0, 0.05) is 0 Å². The van der Waals surface area contributed by atoms with Gasteiger partial charge in [0.15, 0.2) is 0 Å². The van der Waals surface area contributed by atoms with Gasteiger partial charge >= 0.3 is 72.9 Å². The molecule has 0 bridgehead atoms. The van der Waals surface area contributed by atoms with Crippen molar-refractivity contribution < 1.29 is 6.51 Å². The summed E-state index contributed by atoms with van der Waals surface area (Å²) in [6.07, 6.45) is 0. The zero-order valence-electron chi connectivity index (χ0n) is 15.5. The van der Waals surface area contributed by atoms with Crippen molar-refractivity contribution in [2.45, 2.75) is 60.6 Å². The maximum Gasteiger partial charge on any atom is -0.0226 e. The van der Waals surface area contributed by atoms with Crippen molar-refractivity contribution in [2.75, 3.05) is 0 Å². The summed E-state index contributed by atoms with van der Waals surface area (Å²) < 4.78 is 0.971. The van der Waals surface area contributed by atoms with Crippen LogP contribution in [0.4, 0.5) is 0 Å². The first kappa shape index (κ1) is 12.8. The third-order valence-electron chi connectivity index (χ3n) is 17.3. The normalized spacial score (nSPS) is 79.7. The summed E-state index contributed by atoms with van der Waals surface area (Å²) in [5, 5.41) is 2.79. The standard InChI is InChI=1S/C12H11P.C7H10N.C5H5.Fe/c1-3-7-11(8-4-1)13-12-9-5-2-6-10-12;1-6(8)7-4-2-3-5-7;1-2-4-5-3-1;/h1-10,13H;2-6H,8H2,1H3;1-5H;. The van der Waals surface area contributed by atoms with Gasteiger partial charge in [0.05, 0.1) is 0 Å². The molecule has 2 aromatic rings. The third-order valence-corrected chi connectivity index (χ3v) is 61.4. The van der Waals surface area contributed by atoms with Crippen LogP contribution < -0.4 is 16.3 Å². The minimum absolute atomic E-state index is 0.636. The van der Waals surface area contributed by atoms with Gasteiger partial charge in [0.2, 0.25) is 0 Å². The quantitative estimate of drug-likeness (QED) is 0.527. The molecule has 0 aromatic heterocycles. The summed E-state index contributed by atoms with van der Waals surface area (Å²) in [4.78, 5) is 13.1. The number of benzene rings is 2. The molecular weight excluding hydrogens is 389 g/mol. The van der Waals surface area contributed by atoms with Crippen LogP contribution in [-0.2, 0) is 6.51 Å². The topological polar surface area (TPSA) is 26.0 Å². The Labute approximate surface area is 152 Å². The van der Waals surface area contributed by atoms with Crippen molar-refractivity contribution in [3.05, 3.63) is 60.7 Å². The van der Waals surface area contributed by atoms with Crippen molar-refractivity contribution >= 4 is 19.2 Å². The molecule has 0 saturated carbocycles. The molecule has 12 rings (SSSR count). The summed E-state index contributed by atoms with van der Waals surface area (Å²) in [7, 11) is 0.777. The molecule has 10 heterocycles. The van der Waals surface area contributed by atoms with Crippen molar-refractivity contribution in [3.8, 4) is 0 Å².